The van der Waals surface area contributed by atoms with Gasteiger partial charge in [0.15, 0.2) is 0 Å². The molecular weight excluding hydrogens is 285 g/mol. The van der Waals surface area contributed by atoms with Crippen LogP contribution in [0.3, 0.4) is 0 Å². The number of hydrogen-bond donors (Lipinski definition) is 1. The highest BCUT2D eigenvalue weighted by Crippen LogP contribution is 2.36. The van der Waals surface area contributed by atoms with Gasteiger partial charge in [-0.1, -0.05) is 49.4 Å². The van der Waals surface area contributed by atoms with Crippen LogP contribution in [0.25, 0.3) is 0 Å². The Morgan fingerprint density at radius 1 is 1.44 bits per heavy atom. The van der Waals surface area contributed by atoms with Crippen LogP contribution >= 0.6 is 34.5 Å². The third-order valence-corrected chi connectivity index (χ3v) is 5.51. The second-order valence-corrected chi connectivity index (χ2v) is 7.59. The Labute approximate surface area is 124 Å². The van der Waals surface area contributed by atoms with Gasteiger partial charge in [-0.2, -0.15) is 0 Å². The summed E-state index contributed by atoms with van der Waals surface area (Å²) in [5.74, 6) is 0.894. The van der Waals surface area contributed by atoms with Gasteiger partial charge in [0.05, 0.1) is 8.67 Å². The van der Waals surface area contributed by atoms with Crippen LogP contribution in [0.5, 0.6) is 0 Å². The van der Waals surface area contributed by atoms with Crippen molar-refractivity contribution < 1.29 is 0 Å². The van der Waals surface area contributed by atoms with E-state index >= 15 is 0 Å². The minimum absolute atomic E-state index is 0.293. The lowest BCUT2D eigenvalue weighted by atomic mass is 9.84. The molecule has 0 amide bonds. The Bertz CT molecular complexity index is 391. The van der Waals surface area contributed by atoms with Gasteiger partial charge >= 0.3 is 0 Å². The summed E-state index contributed by atoms with van der Waals surface area (Å²) in [6, 6.07) is 2.92. The maximum atomic E-state index is 6.21. The summed E-state index contributed by atoms with van der Waals surface area (Å²) >= 11 is 13.7. The maximum Gasteiger partial charge on any atom is 0.0991 e. The Hall–Kier alpha value is 0.240. The highest BCUT2D eigenvalue weighted by molar-refractivity contribution is 7.20. The van der Waals surface area contributed by atoms with Gasteiger partial charge in [-0.15, -0.1) is 11.3 Å². The normalized spacial score (nSPS) is 26.2. The summed E-state index contributed by atoms with van der Waals surface area (Å²) in [5.41, 5.74) is 1.14. The summed E-state index contributed by atoms with van der Waals surface area (Å²) in [6.07, 6.45) is 6.64. The summed E-state index contributed by atoms with van der Waals surface area (Å²) in [5, 5.41) is 3.72. The molecule has 2 rings (SSSR count). The van der Waals surface area contributed by atoms with Crippen molar-refractivity contribution in [3.63, 3.8) is 0 Å². The molecule has 1 nitrogen and oxygen atoms in total. The molecule has 1 saturated carbocycles. The lowest BCUT2D eigenvalue weighted by molar-refractivity contribution is 0.266. The first-order chi connectivity index (χ1) is 8.60. The fourth-order valence-corrected chi connectivity index (χ4v) is 4.55. The van der Waals surface area contributed by atoms with E-state index in [0.717, 1.165) is 20.2 Å². The average molecular weight is 306 g/mol. The van der Waals surface area contributed by atoms with E-state index in [2.05, 4.69) is 19.2 Å². The van der Waals surface area contributed by atoms with Crippen molar-refractivity contribution in [2.45, 2.75) is 58.0 Å². The first-order valence-corrected chi connectivity index (χ1v) is 8.38. The van der Waals surface area contributed by atoms with Crippen molar-refractivity contribution in [1.29, 1.82) is 0 Å². The molecule has 1 N–H and O–H groups in total. The van der Waals surface area contributed by atoms with Crippen LogP contribution in [0.15, 0.2) is 6.07 Å². The van der Waals surface area contributed by atoms with Gasteiger partial charge in [-0.05, 0) is 37.3 Å². The van der Waals surface area contributed by atoms with Gasteiger partial charge in [0, 0.05) is 12.1 Å². The van der Waals surface area contributed by atoms with Gasteiger partial charge in [0.1, 0.15) is 0 Å². The van der Waals surface area contributed by atoms with E-state index in [9.17, 15) is 0 Å². The van der Waals surface area contributed by atoms with Crippen LogP contribution in [-0.4, -0.2) is 6.04 Å². The van der Waals surface area contributed by atoms with Crippen molar-refractivity contribution in [1.82, 2.24) is 5.32 Å². The van der Waals surface area contributed by atoms with Crippen LogP contribution in [-0.2, 0) is 0 Å². The van der Waals surface area contributed by atoms with Gasteiger partial charge in [-0.3, -0.25) is 0 Å². The third kappa shape index (κ3) is 3.63. The topological polar surface area (TPSA) is 12.0 Å². The predicted octanol–water partition coefficient (Wildman–Crippen LogP) is 5.67. The number of nitrogens with one attached hydrogen (secondary N) is 1. The molecule has 0 aliphatic heterocycles. The molecule has 4 heteroatoms. The molecule has 0 saturated heterocycles. The Morgan fingerprint density at radius 2 is 2.22 bits per heavy atom. The van der Waals surface area contributed by atoms with Crippen LogP contribution in [0.4, 0.5) is 0 Å². The zero-order chi connectivity index (χ0) is 13.1. The summed E-state index contributed by atoms with van der Waals surface area (Å²) < 4.78 is 1.60. The zero-order valence-electron chi connectivity index (χ0n) is 11.0. The van der Waals surface area contributed by atoms with Gasteiger partial charge in [0.25, 0.3) is 0 Å². The molecule has 3 atom stereocenters. The van der Waals surface area contributed by atoms with Crippen LogP contribution in [0.1, 0.15) is 57.6 Å². The fourth-order valence-electron chi connectivity index (χ4n) is 2.90. The lowest BCUT2D eigenvalue weighted by Gasteiger charge is -2.31. The molecule has 3 unspecified atom stereocenters. The highest BCUT2D eigenvalue weighted by Gasteiger charge is 2.23. The van der Waals surface area contributed by atoms with Crippen LogP contribution in [0, 0.1) is 5.92 Å². The molecule has 0 aromatic carbocycles. The number of rotatable bonds is 4. The Balaban J connectivity index is 1.94. The van der Waals surface area contributed by atoms with Gasteiger partial charge in [0.2, 0.25) is 0 Å². The van der Waals surface area contributed by atoms with E-state index in [4.69, 9.17) is 23.2 Å². The first-order valence-electron chi connectivity index (χ1n) is 6.81. The predicted molar refractivity (Wildman–Crippen MR) is 81.9 cm³/mol. The van der Waals surface area contributed by atoms with Crippen molar-refractivity contribution in [3.8, 4) is 0 Å². The number of halogens is 2. The second-order valence-electron chi connectivity index (χ2n) is 5.31. The molecular formula is C14H21Cl2NS. The van der Waals surface area contributed by atoms with E-state index in [1.54, 1.807) is 0 Å². The SMILES string of the molecule is CCC1CCCC(NC(C)c2cc(Cl)sc2Cl)C1. The van der Waals surface area contributed by atoms with Crippen molar-refractivity contribution in [2.24, 2.45) is 5.92 Å². The smallest absolute Gasteiger partial charge is 0.0991 e. The quantitative estimate of drug-likeness (QED) is 0.755. The van der Waals surface area contributed by atoms with Crippen molar-refractivity contribution in [3.05, 3.63) is 20.3 Å². The number of thiophene rings is 1. The fraction of sp³-hybridized carbons (Fsp3) is 0.714. The van der Waals surface area contributed by atoms with Gasteiger partial charge < -0.3 is 5.32 Å². The summed E-state index contributed by atoms with van der Waals surface area (Å²) in [6.45, 7) is 4.48. The molecule has 0 bridgehead atoms. The molecule has 0 spiro atoms. The standard InChI is InChI=1S/C14H21Cl2NS/c1-3-10-5-4-6-11(7-10)17-9(2)12-8-13(15)18-14(12)16/h8-11,17H,3-7H2,1-2H3. The van der Waals surface area contributed by atoms with Crippen LogP contribution in [0.2, 0.25) is 8.67 Å². The minimum atomic E-state index is 0.293. The molecule has 1 aromatic rings. The molecule has 102 valence electrons. The van der Waals surface area contributed by atoms with E-state index in [-0.39, 0.29) is 0 Å². The summed E-state index contributed by atoms with van der Waals surface area (Å²) in [7, 11) is 0. The first kappa shape index (κ1) is 14.6. The zero-order valence-corrected chi connectivity index (χ0v) is 13.3. The van der Waals surface area contributed by atoms with Crippen LogP contribution < -0.4 is 5.32 Å². The minimum Gasteiger partial charge on any atom is -0.307 e. The Morgan fingerprint density at radius 3 is 2.83 bits per heavy atom. The molecule has 1 fully saturated rings. The molecule has 0 radical (unpaired) electrons. The van der Waals surface area contributed by atoms with Gasteiger partial charge in [-0.25, -0.2) is 0 Å². The van der Waals surface area contributed by atoms with E-state index in [0.29, 0.717) is 12.1 Å². The molecule has 1 aliphatic carbocycles. The monoisotopic (exact) mass is 305 g/mol. The second kappa shape index (κ2) is 6.60. The molecule has 1 aliphatic rings. The Kier molecular flexibility index (Phi) is 5.37. The number of hydrogen-bond acceptors (Lipinski definition) is 2. The average Bonchev–Trinajstić information content (AvgIpc) is 2.69. The highest BCUT2D eigenvalue weighted by atomic mass is 35.5. The molecule has 1 aromatic heterocycles. The molecule has 18 heavy (non-hydrogen) atoms. The van der Waals surface area contributed by atoms with Crippen molar-refractivity contribution >= 4 is 34.5 Å². The van der Waals surface area contributed by atoms with E-state index in [1.807, 2.05) is 6.07 Å². The molecule has 1 heterocycles. The summed E-state index contributed by atoms with van der Waals surface area (Å²) in [4.78, 5) is 0. The lowest BCUT2D eigenvalue weighted by Crippen LogP contribution is -2.35. The van der Waals surface area contributed by atoms with Crippen molar-refractivity contribution in [2.75, 3.05) is 0 Å². The largest absolute Gasteiger partial charge is 0.307 e. The van der Waals surface area contributed by atoms with E-state index < -0.39 is 0 Å². The van der Waals surface area contributed by atoms with E-state index in [1.165, 1.54) is 43.4 Å². The maximum absolute atomic E-state index is 6.21. The third-order valence-electron chi connectivity index (χ3n) is 4.00.